The van der Waals surface area contributed by atoms with Crippen LogP contribution >= 0.6 is 0 Å². The molecule has 2 N–H and O–H groups in total. The molecule has 21 heavy (non-hydrogen) atoms. The molecule has 1 aromatic heterocycles. The predicted octanol–water partition coefficient (Wildman–Crippen LogP) is 1.51. The smallest absolute Gasteiger partial charge is 0.307 e. The Morgan fingerprint density at radius 3 is 2.71 bits per heavy atom. The Labute approximate surface area is 124 Å². The van der Waals surface area contributed by atoms with E-state index in [2.05, 4.69) is 10.4 Å². The highest BCUT2D eigenvalue weighted by atomic mass is 16.4. The summed E-state index contributed by atoms with van der Waals surface area (Å²) in [6.45, 7) is 5.28. The molecule has 0 unspecified atom stereocenters. The van der Waals surface area contributed by atoms with Gasteiger partial charge in [-0.2, -0.15) is 5.10 Å². The third-order valence-corrected chi connectivity index (χ3v) is 4.12. The van der Waals surface area contributed by atoms with Crippen molar-refractivity contribution in [1.82, 2.24) is 15.1 Å². The van der Waals surface area contributed by atoms with Crippen molar-refractivity contribution in [2.75, 3.05) is 6.54 Å². The van der Waals surface area contributed by atoms with Gasteiger partial charge in [-0.3, -0.25) is 14.3 Å². The number of carbonyl (C=O) groups excluding carboxylic acids is 1. The Kier molecular flexibility index (Phi) is 4.98. The average molecular weight is 293 g/mol. The number of hydrogen-bond acceptors (Lipinski definition) is 3. The van der Waals surface area contributed by atoms with E-state index in [-0.39, 0.29) is 11.8 Å². The fourth-order valence-electron chi connectivity index (χ4n) is 3.04. The lowest BCUT2D eigenvalue weighted by Crippen LogP contribution is -2.36. The molecule has 1 saturated carbocycles. The predicted molar refractivity (Wildman–Crippen MR) is 77.8 cm³/mol. The highest BCUT2D eigenvalue weighted by molar-refractivity contribution is 5.85. The molecule has 0 saturated heterocycles. The van der Waals surface area contributed by atoms with Gasteiger partial charge in [-0.15, -0.1) is 0 Å². The van der Waals surface area contributed by atoms with Crippen LogP contribution < -0.4 is 5.32 Å². The van der Waals surface area contributed by atoms with Crippen molar-refractivity contribution < 1.29 is 14.7 Å². The molecule has 2 rings (SSSR count). The number of rotatable bonds is 6. The maximum Gasteiger partial charge on any atom is 0.307 e. The molecule has 1 aromatic rings. The highest BCUT2D eigenvalue weighted by Crippen LogP contribution is 2.31. The molecule has 0 radical (unpaired) electrons. The number of aryl methyl sites for hydroxylation is 3. The number of carbonyl (C=O) groups is 2. The molecule has 0 bridgehead atoms. The van der Waals surface area contributed by atoms with E-state index in [1.165, 1.54) is 0 Å². The Morgan fingerprint density at radius 1 is 1.38 bits per heavy atom. The van der Waals surface area contributed by atoms with Crippen molar-refractivity contribution in [2.45, 2.75) is 46.1 Å². The van der Waals surface area contributed by atoms with Crippen LogP contribution in [-0.4, -0.2) is 33.3 Å². The molecule has 1 aliphatic rings. The summed E-state index contributed by atoms with van der Waals surface area (Å²) in [5.74, 6) is -1.85. The summed E-state index contributed by atoms with van der Waals surface area (Å²) < 4.78 is 1.93. The van der Waals surface area contributed by atoms with E-state index < -0.39 is 11.9 Å². The lowest BCUT2D eigenvalue weighted by atomic mass is 9.95. The lowest BCUT2D eigenvalue weighted by Gasteiger charge is -2.15. The van der Waals surface area contributed by atoms with Crippen LogP contribution in [0, 0.1) is 25.7 Å². The maximum atomic E-state index is 12.0. The van der Waals surface area contributed by atoms with Gasteiger partial charge in [-0.05, 0) is 39.2 Å². The van der Waals surface area contributed by atoms with Crippen LogP contribution in [0.1, 0.15) is 37.1 Å². The molecule has 6 heteroatoms. The molecule has 1 amide bonds. The molecule has 0 aromatic carbocycles. The number of aromatic nitrogens is 2. The van der Waals surface area contributed by atoms with Crippen molar-refractivity contribution in [1.29, 1.82) is 0 Å². The normalized spacial score (nSPS) is 21.4. The number of carboxylic acids is 1. The molecular formula is C15H23N3O3. The second kappa shape index (κ2) is 6.74. The van der Waals surface area contributed by atoms with Crippen LogP contribution in [-0.2, 0) is 16.1 Å². The molecular weight excluding hydrogens is 270 g/mol. The zero-order valence-electron chi connectivity index (χ0n) is 12.6. The topological polar surface area (TPSA) is 84.2 Å². The number of hydrogen-bond donors (Lipinski definition) is 2. The first kappa shape index (κ1) is 15.5. The summed E-state index contributed by atoms with van der Waals surface area (Å²) >= 11 is 0. The van der Waals surface area contributed by atoms with E-state index in [0.717, 1.165) is 30.8 Å². The third kappa shape index (κ3) is 3.83. The summed E-state index contributed by atoms with van der Waals surface area (Å²) in [5.41, 5.74) is 2.10. The number of carboxylic acid groups (broad SMARTS) is 1. The van der Waals surface area contributed by atoms with Crippen molar-refractivity contribution in [3.05, 3.63) is 17.5 Å². The molecule has 6 nitrogen and oxygen atoms in total. The van der Waals surface area contributed by atoms with E-state index in [9.17, 15) is 9.59 Å². The van der Waals surface area contributed by atoms with Crippen LogP contribution in [0.25, 0.3) is 0 Å². The minimum atomic E-state index is -0.852. The quantitative estimate of drug-likeness (QED) is 0.779. The highest BCUT2D eigenvalue weighted by Gasteiger charge is 2.37. The average Bonchev–Trinajstić information content (AvgIpc) is 3.01. The van der Waals surface area contributed by atoms with E-state index in [1.54, 1.807) is 0 Å². The van der Waals surface area contributed by atoms with Crippen LogP contribution in [0.2, 0.25) is 0 Å². The fraction of sp³-hybridized carbons (Fsp3) is 0.667. The van der Waals surface area contributed by atoms with Gasteiger partial charge in [-0.1, -0.05) is 6.42 Å². The number of nitrogens with zero attached hydrogens (tertiary/aromatic N) is 2. The second-order valence-electron chi connectivity index (χ2n) is 5.78. The first-order valence-corrected chi connectivity index (χ1v) is 7.50. The van der Waals surface area contributed by atoms with Gasteiger partial charge in [0.15, 0.2) is 0 Å². The fourth-order valence-corrected chi connectivity index (χ4v) is 3.04. The van der Waals surface area contributed by atoms with Gasteiger partial charge in [0, 0.05) is 18.8 Å². The Hall–Kier alpha value is -1.85. The monoisotopic (exact) mass is 293 g/mol. The molecule has 116 valence electrons. The number of aliphatic carboxylic acids is 1. The van der Waals surface area contributed by atoms with E-state index >= 15 is 0 Å². The molecule has 2 atom stereocenters. The minimum Gasteiger partial charge on any atom is -0.481 e. The molecule has 1 aliphatic carbocycles. The van der Waals surface area contributed by atoms with Crippen molar-refractivity contribution >= 4 is 11.9 Å². The summed E-state index contributed by atoms with van der Waals surface area (Å²) in [7, 11) is 0. The molecule has 1 fully saturated rings. The van der Waals surface area contributed by atoms with Crippen molar-refractivity contribution in [3.8, 4) is 0 Å². The van der Waals surface area contributed by atoms with Gasteiger partial charge >= 0.3 is 5.97 Å². The lowest BCUT2D eigenvalue weighted by molar-refractivity contribution is -0.146. The standard InChI is InChI=1S/C15H23N3O3/c1-10-9-11(2)18(17-10)8-4-7-16-14(19)12-5-3-6-13(12)15(20)21/h9,12-13H,3-8H2,1-2H3,(H,16,19)(H,20,21)/t12-,13+/m1/s1. The zero-order chi connectivity index (χ0) is 15.4. The SMILES string of the molecule is Cc1cc(C)n(CCCNC(=O)[C@@H]2CCC[C@@H]2C(=O)O)n1. The molecule has 1 heterocycles. The van der Waals surface area contributed by atoms with E-state index in [1.807, 2.05) is 24.6 Å². The van der Waals surface area contributed by atoms with Gasteiger partial charge < -0.3 is 10.4 Å². The van der Waals surface area contributed by atoms with Gasteiger partial charge in [0.25, 0.3) is 0 Å². The maximum absolute atomic E-state index is 12.0. The van der Waals surface area contributed by atoms with Gasteiger partial charge in [0.1, 0.15) is 0 Å². The van der Waals surface area contributed by atoms with E-state index in [0.29, 0.717) is 19.4 Å². The number of amides is 1. The van der Waals surface area contributed by atoms with Crippen molar-refractivity contribution in [2.24, 2.45) is 11.8 Å². The van der Waals surface area contributed by atoms with Gasteiger partial charge in [0.05, 0.1) is 17.5 Å². The Balaban J connectivity index is 1.74. The van der Waals surface area contributed by atoms with Crippen LogP contribution in [0.5, 0.6) is 0 Å². The molecule has 0 spiro atoms. The molecule has 0 aliphatic heterocycles. The van der Waals surface area contributed by atoms with Gasteiger partial charge in [-0.25, -0.2) is 0 Å². The van der Waals surface area contributed by atoms with Crippen LogP contribution in [0.15, 0.2) is 6.07 Å². The van der Waals surface area contributed by atoms with E-state index in [4.69, 9.17) is 5.11 Å². The first-order chi connectivity index (χ1) is 9.99. The first-order valence-electron chi connectivity index (χ1n) is 7.50. The zero-order valence-corrected chi connectivity index (χ0v) is 12.6. The summed E-state index contributed by atoms with van der Waals surface area (Å²) in [5, 5.41) is 16.3. The van der Waals surface area contributed by atoms with Crippen LogP contribution in [0.3, 0.4) is 0 Å². The van der Waals surface area contributed by atoms with Gasteiger partial charge in [0.2, 0.25) is 5.91 Å². The van der Waals surface area contributed by atoms with Crippen LogP contribution in [0.4, 0.5) is 0 Å². The second-order valence-corrected chi connectivity index (χ2v) is 5.78. The third-order valence-electron chi connectivity index (χ3n) is 4.12. The van der Waals surface area contributed by atoms with Crippen molar-refractivity contribution in [3.63, 3.8) is 0 Å². The summed E-state index contributed by atoms with van der Waals surface area (Å²) in [6, 6.07) is 2.02. The Morgan fingerprint density at radius 2 is 2.10 bits per heavy atom. The summed E-state index contributed by atoms with van der Waals surface area (Å²) in [6.07, 6.45) is 2.90. The Bertz CT molecular complexity index is 524. The summed E-state index contributed by atoms with van der Waals surface area (Å²) in [4.78, 5) is 23.1. The largest absolute Gasteiger partial charge is 0.481 e. The minimum absolute atomic E-state index is 0.117. The number of nitrogens with one attached hydrogen (secondary N) is 1.